The Morgan fingerprint density at radius 1 is 1.06 bits per heavy atom. The Hall–Kier alpha value is -2.20. The number of nitrogens with zero attached hydrogens (tertiary/aromatic N) is 1. The fraction of sp³-hybridized carbons (Fsp3) is 0.278. The van der Waals surface area contributed by atoms with Crippen LogP contribution in [0.3, 0.4) is 0 Å². The van der Waals surface area contributed by atoms with Gasteiger partial charge in [0.15, 0.2) is 9.84 Å². The van der Waals surface area contributed by atoms with Crippen LogP contribution in [0.25, 0.3) is 0 Å². The Labute approximate surface area is 180 Å². The van der Waals surface area contributed by atoms with Crippen LogP contribution in [0.1, 0.15) is 24.0 Å². The number of sulfonamides is 1. The summed E-state index contributed by atoms with van der Waals surface area (Å²) < 4.78 is 101. The van der Waals surface area contributed by atoms with Crippen LogP contribution in [-0.2, 0) is 24.6 Å². The zero-order valence-corrected chi connectivity index (χ0v) is 17.7. The van der Waals surface area contributed by atoms with E-state index >= 15 is 0 Å². The van der Waals surface area contributed by atoms with Crippen LogP contribution >= 0.6 is 11.6 Å². The second-order valence-corrected chi connectivity index (χ2v) is 11.3. The lowest BCUT2D eigenvalue weighted by Crippen LogP contribution is -2.58. The number of hydrogen-bond donors (Lipinski definition) is 1. The van der Waals surface area contributed by atoms with Gasteiger partial charge in [0.05, 0.1) is 16.5 Å². The van der Waals surface area contributed by atoms with Gasteiger partial charge in [-0.15, -0.1) is 0 Å². The Kier molecular flexibility index (Phi) is 5.86. The first-order chi connectivity index (χ1) is 14.2. The predicted octanol–water partition coefficient (Wildman–Crippen LogP) is 3.62. The van der Waals surface area contributed by atoms with Gasteiger partial charge < -0.3 is 0 Å². The number of halogens is 5. The maximum absolute atomic E-state index is 14.0. The number of sulfone groups is 1. The van der Waals surface area contributed by atoms with E-state index in [2.05, 4.69) is 0 Å². The number of nitriles is 1. The minimum atomic E-state index is -5.73. The van der Waals surface area contributed by atoms with E-state index in [0.29, 0.717) is 0 Å². The van der Waals surface area contributed by atoms with Crippen LogP contribution in [0.5, 0.6) is 0 Å². The second-order valence-electron chi connectivity index (χ2n) is 6.93. The van der Waals surface area contributed by atoms with Crippen LogP contribution in [0.4, 0.5) is 17.6 Å². The van der Waals surface area contributed by atoms with Gasteiger partial charge in [0, 0.05) is 11.1 Å². The van der Waals surface area contributed by atoms with Crippen molar-refractivity contribution in [3.63, 3.8) is 0 Å². The van der Waals surface area contributed by atoms with Crippen molar-refractivity contribution in [1.82, 2.24) is 4.72 Å². The highest BCUT2D eigenvalue weighted by molar-refractivity contribution is 7.92. The van der Waals surface area contributed by atoms with Gasteiger partial charge in [-0.05, 0) is 60.9 Å². The van der Waals surface area contributed by atoms with Crippen LogP contribution in [0.15, 0.2) is 47.4 Å². The molecule has 0 bridgehead atoms. The maximum atomic E-state index is 14.0. The molecular formula is C18H13ClF4N2O4S2. The molecule has 0 heterocycles. The van der Waals surface area contributed by atoms with E-state index in [9.17, 15) is 39.7 Å². The molecule has 2 aromatic carbocycles. The lowest BCUT2D eigenvalue weighted by molar-refractivity contribution is -0.0455. The van der Waals surface area contributed by atoms with Crippen molar-refractivity contribution in [2.45, 2.75) is 34.0 Å². The first kappa shape index (κ1) is 23.5. The molecule has 0 aliphatic heterocycles. The van der Waals surface area contributed by atoms with Crippen molar-refractivity contribution >= 4 is 31.5 Å². The van der Waals surface area contributed by atoms with Crippen LogP contribution in [0, 0.1) is 17.1 Å². The number of benzene rings is 2. The molecule has 0 atom stereocenters. The largest absolute Gasteiger partial charge is 0.511 e. The number of rotatable bonds is 5. The van der Waals surface area contributed by atoms with Crippen molar-refractivity contribution in [3.05, 3.63) is 64.4 Å². The van der Waals surface area contributed by atoms with Crippen LogP contribution < -0.4 is 4.72 Å². The molecule has 166 valence electrons. The zero-order chi connectivity index (χ0) is 23.2. The molecule has 1 fully saturated rings. The number of nitrogens with one attached hydrogen (secondary N) is 1. The minimum Gasteiger partial charge on any atom is -0.223 e. The Morgan fingerprint density at radius 3 is 2.16 bits per heavy atom. The maximum Gasteiger partial charge on any atom is 0.511 e. The summed E-state index contributed by atoms with van der Waals surface area (Å²) in [5, 5.41) is 9.60. The normalized spacial score (nSPS) is 21.9. The summed E-state index contributed by atoms with van der Waals surface area (Å²) in [5.74, 6) is -0.862. The van der Waals surface area contributed by atoms with E-state index in [1.165, 1.54) is 16.9 Å². The smallest absolute Gasteiger partial charge is 0.223 e. The molecule has 13 heteroatoms. The Bertz CT molecular complexity index is 1270. The molecule has 3 rings (SSSR count). The molecule has 0 unspecified atom stereocenters. The lowest BCUT2D eigenvalue weighted by atomic mass is 9.74. The van der Waals surface area contributed by atoms with Gasteiger partial charge in [-0.25, -0.2) is 25.9 Å². The third kappa shape index (κ3) is 4.03. The van der Waals surface area contributed by atoms with Crippen molar-refractivity contribution in [1.29, 1.82) is 5.26 Å². The summed E-state index contributed by atoms with van der Waals surface area (Å²) in [6, 6.07) is 8.04. The summed E-state index contributed by atoms with van der Waals surface area (Å²) in [6.07, 6.45) is -1.27. The second kappa shape index (κ2) is 7.74. The van der Waals surface area contributed by atoms with Crippen molar-refractivity contribution in [2.75, 3.05) is 0 Å². The molecule has 1 N–H and O–H groups in total. The zero-order valence-electron chi connectivity index (χ0n) is 15.3. The third-order valence-electron chi connectivity index (χ3n) is 5.01. The SMILES string of the molecule is N#Cc1ccc(F)cc1[C@]1(S(=O)(=O)c2ccc(Cl)cc2)C[C@@H](NS(=O)(=O)C(F)(F)F)C1. The van der Waals surface area contributed by atoms with Gasteiger partial charge in [0.2, 0.25) is 0 Å². The summed E-state index contributed by atoms with van der Waals surface area (Å²) in [6.45, 7) is 0. The molecule has 0 saturated heterocycles. The van der Waals surface area contributed by atoms with Crippen LogP contribution in [0.2, 0.25) is 5.02 Å². The van der Waals surface area contributed by atoms with Crippen molar-refractivity contribution in [2.24, 2.45) is 0 Å². The first-order valence-electron chi connectivity index (χ1n) is 8.52. The molecular weight excluding hydrogens is 484 g/mol. The lowest BCUT2D eigenvalue weighted by Gasteiger charge is -2.47. The predicted molar refractivity (Wildman–Crippen MR) is 103 cm³/mol. The quantitative estimate of drug-likeness (QED) is 0.637. The summed E-state index contributed by atoms with van der Waals surface area (Å²) >= 11 is 5.78. The van der Waals surface area contributed by atoms with Gasteiger partial charge in [0.1, 0.15) is 10.6 Å². The highest BCUT2D eigenvalue weighted by Gasteiger charge is 2.59. The Balaban J connectivity index is 2.12. The molecule has 31 heavy (non-hydrogen) atoms. The van der Waals surface area contributed by atoms with Gasteiger partial charge in [-0.1, -0.05) is 11.6 Å². The van der Waals surface area contributed by atoms with Crippen molar-refractivity contribution < 1.29 is 34.4 Å². The number of alkyl halides is 3. The van der Waals surface area contributed by atoms with E-state index in [1.54, 1.807) is 6.07 Å². The highest BCUT2D eigenvalue weighted by atomic mass is 35.5. The average Bonchev–Trinajstić information content (AvgIpc) is 2.63. The van der Waals surface area contributed by atoms with E-state index < -0.39 is 54.8 Å². The van der Waals surface area contributed by atoms with Gasteiger partial charge >= 0.3 is 15.5 Å². The molecule has 0 amide bonds. The molecule has 0 spiro atoms. The first-order valence-corrected chi connectivity index (χ1v) is 11.9. The molecule has 1 saturated carbocycles. The monoisotopic (exact) mass is 496 g/mol. The molecule has 6 nitrogen and oxygen atoms in total. The summed E-state index contributed by atoms with van der Waals surface area (Å²) in [4.78, 5) is -0.262. The highest BCUT2D eigenvalue weighted by Crippen LogP contribution is 2.52. The Morgan fingerprint density at radius 2 is 1.65 bits per heavy atom. The molecule has 1 aliphatic carbocycles. The van der Waals surface area contributed by atoms with Gasteiger partial charge in [-0.3, -0.25) is 0 Å². The van der Waals surface area contributed by atoms with E-state index in [-0.39, 0.29) is 21.0 Å². The molecule has 2 aromatic rings. The topological polar surface area (TPSA) is 104 Å². The fourth-order valence-corrected chi connectivity index (χ4v) is 6.63. The fourth-order valence-electron chi connectivity index (χ4n) is 3.52. The van der Waals surface area contributed by atoms with Gasteiger partial charge in [0.25, 0.3) is 0 Å². The molecule has 0 radical (unpaired) electrons. The van der Waals surface area contributed by atoms with Crippen LogP contribution in [-0.4, -0.2) is 28.4 Å². The van der Waals surface area contributed by atoms with E-state index in [0.717, 1.165) is 30.3 Å². The van der Waals surface area contributed by atoms with Crippen molar-refractivity contribution in [3.8, 4) is 6.07 Å². The molecule has 1 aliphatic rings. The van der Waals surface area contributed by atoms with E-state index in [1.807, 2.05) is 0 Å². The summed E-state index contributed by atoms with van der Waals surface area (Å²) in [7, 11) is -10.1. The molecule has 0 aromatic heterocycles. The minimum absolute atomic E-state index is 0.198. The average molecular weight is 497 g/mol. The summed E-state index contributed by atoms with van der Waals surface area (Å²) in [5.41, 5.74) is -6.04. The van der Waals surface area contributed by atoms with Gasteiger partial charge in [-0.2, -0.15) is 18.4 Å². The number of hydrogen-bond acceptors (Lipinski definition) is 5. The van der Waals surface area contributed by atoms with E-state index in [4.69, 9.17) is 11.6 Å². The third-order valence-corrected chi connectivity index (χ3v) is 8.99. The standard InChI is InChI=1S/C18H13ClF4N2O4S2/c19-12-2-5-15(6-3-12)30(26,27)17(16-7-13(20)4-1-11(16)10-24)8-14(9-17)25-31(28,29)18(21,22)23/h1-7,14,25H,8-9H2/t14-,17+.